The van der Waals surface area contributed by atoms with E-state index in [9.17, 15) is 16.8 Å². The standard InChI is InChI=1S/C13H20N2O5S3/c1-3-5-20-8-9-6-11(15-4-2)10-7-12(23(14,18)19)21-13(10)22(9,16)17/h3,7,9,11,15H,1,4-6,8H2,2H3,(H2,14,18,19). The summed E-state index contributed by atoms with van der Waals surface area (Å²) in [6.07, 6.45) is 1.87. The highest BCUT2D eigenvalue weighted by molar-refractivity contribution is 7.95. The minimum atomic E-state index is -3.94. The molecule has 3 N–H and O–H groups in total. The molecule has 2 unspecified atom stereocenters. The van der Waals surface area contributed by atoms with E-state index in [1.165, 1.54) is 6.07 Å². The Balaban J connectivity index is 2.46. The summed E-state index contributed by atoms with van der Waals surface area (Å²) in [5.41, 5.74) is 0.473. The molecule has 0 spiro atoms. The Bertz CT molecular complexity index is 783. The monoisotopic (exact) mass is 380 g/mol. The zero-order valence-electron chi connectivity index (χ0n) is 12.7. The van der Waals surface area contributed by atoms with Crippen molar-refractivity contribution in [2.45, 2.75) is 33.1 Å². The van der Waals surface area contributed by atoms with Gasteiger partial charge in [0.25, 0.3) is 0 Å². The molecule has 23 heavy (non-hydrogen) atoms. The molecule has 1 aromatic heterocycles. The highest BCUT2D eigenvalue weighted by Crippen LogP contribution is 2.42. The SMILES string of the molecule is C=CCOCC1CC(NCC)c2cc(S(N)(=O)=O)sc2S1(=O)=O. The van der Waals surface area contributed by atoms with Crippen LogP contribution in [0.1, 0.15) is 24.9 Å². The molecule has 0 aliphatic carbocycles. The van der Waals surface area contributed by atoms with Crippen LogP contribution in [0.15, 0.2) is 27.1 Å². The highest BCUT2D eigenvalue weighted by atomic mass is 32.3. The number of hydrogen-bond donors (Lipinski definition) is 2. The molecule has 0 saturated heterocycles. The van der Waals surface area contributed by atoms with Crippen molar-refractivity contribution in [1.82, 2.24) is 5.32 Å². The Morgan fingerprint density at radius 3 is 2.83 bits per heavy atom. The van der Waals surface area contributed by atoms with E-state index in [0.717, 1.165) is 0 Å². The quantitative estimate of drug-likeness (QED) is 0.534. The summed E-state index contributed by atoms with van der Waals surface area (Å²) in [4.78, 5) is 0. The minimum Gasteiger partial charge on any atom is -0.376 e. The lowest BCUT2D eigenvalue weighted by Crippen LogP contribution is -2.37. The van der Waals surface area contributed by atoms with Crippen LogP contribution in [0.5, 0.6) is 0 Å². The number of nitrogens with two attached hydrogens (primary N) is 1. The molecule has 2 heterocycles. The van der Waals surface area contributed by atoms with Gasteiger partial charge >= 0.3 is 0 Å². The van der Waals surface area contributed by atoms with Gasteiger partial charge < -0.3 is 10.1 Å². The number of rotatable bonds is 7. The molecular formula is C13H20N2O5S3. The molecule has 0 fully saturated rings. The van der Waals surface area contributed by atoms with Gasteiger partial charge in [0.15, 0.2) is 9.84 Å². The summed E-state index contributed by atoms with van der Waals surface area (Å²) in [5.74, 6) is 0. The van der Waals surface area contributed by atoms with Gasteiger partial charge in [-0.1, -0.05) is 13.0 Å². The molecule has 0 amide bonds. The predicted octanol–water partition coefficient (Wildman–Crippen LogP) is 0.795. The third kappa shape index (κ3) is 3.83. The molecule has 1 aromatic rings. The fourth-order valence-electron chi connectivity index (χ4n) is 2.52. The van der Waals surface area contributed by atoms with Gasteiger partial charge in [-0.2, -0.15) is 0 Å². The lowest BCUT2D eigenvalue weighted by Gasteiger charge is -2.29. The Hall–Kier alpha value is -0.780. The molecular weight excluding hydrogens is 360 g/mol. The van der Waals surface area contributed by atoms with Crippen LogP contribution in [0.3, 0.4) is 0 Å². The van der Waals surface area contributed by atoms with Crippen molar-refractivity contribution < 1.29 is 21.6 Å². The van der Waals surface area contributed by atoms with Crippen LogP contribution in [-0.2, 0) is 24.6 Å². The zero-order valence-corrected chi connectivity index (χ0v) is 15.1. The smallest absolute Gasteiger partial charge is 0.247 e. The minimum absolute atomic E-state index is 0.0400. The van der Waals surface area contributed by atoms with Crippen LogP contribution < -0.4 is 10.5 Å². The van der Waals surface area contributed by atoms with Gasteiger partial charge in [0.2, 0.25) is 10.0 Å². The summed E-state index contributed by atoms with van der Waals surface area (Å²) in [6.45, 7) is 6.36. The summed E-state index contributed by atoms with van der Waals surface area (Å²) in [6, 6.07) is 1.11. The highest BCUT2D eigenvalue weighted by Gasteiger charge is 2.41. The van der Waals surface area contributed by atoms with E-state index in [-0.39, 0.29) is 27.7 Å². The number of primary sulfonamides is 1. The van der Waals surface area contributed by atoms with Crippen molar-refractivity contribution >= 4 is 31.2 Å². The third-order valence-corrected chi connectivity index (χ3v) is 8.82. The topological polar surface area (TPSA) is 116 Å². The molecule has 130 valence electrons. The van der Waals surface area contributed by atoms with Crippen molar-refractivity contribution in [3.8, 4) is 0 Å². The lowest BCUT2D eigenvalue weighted by molar-refractivity contribution is 0.155. The molecule has 0 bridgehead atoms. The van der Waals surface area contributed by atoms with Gasteiger partial charge in [0, 0.05) is 11.6 Å². The van der Waals surface area contributed by atoms with Gasteiger partial charge in [-0.15, -0.1) is 17.9 Å². The maximum absolute atomic E-state index is 12.7. The van der Waals surface area contributed by atoms with Crippen molar-refractivity contribution in [2.24, 2.45) is 5.14 Å². The van der Waals surface area contributed by atoms with E-state index >= 15 is 0 Å². The van der Waals surface area contributed by atoms with Crippen molar-refractivity contribution in [3.05, 3.63) is 24.3 Å². The van der Waals surface area contributed by atoms with Gasteiger partial charge in [-0.25, -0.2) is 22.0 Å². The van der Waals surface area contributed by atoms with Crippen molar-refractivity contribution in [3.63, 3.8) is 0 Å². The number of nitrogens with one attached hydrogen (secondary N) is 1. The largest absolute Gasteiger partial charge is 0.376 e. The van der Waals surface area contributed by atoms with Crippen LogP contribution in [-0.4, -0.2) is 41.8 Å². The van der Waals surface area contributed by atoms with E-state index < -0.39 is 25.1 Å². The van der Waals surface area contributed by atoms with E-state index in [2.05, 4.69) is 11.9 Å². The maximum atomic E-state index is 12.7. The fourth-order valence-corrected chi connectivity index (χ4v) is 7.07. The normalized spacial score (nSPS) is 23.4. The average molecular weight is 381 g/mol. The van der Waals surface area contributed by atoms with E-state index in [1.807, 2.05) is 6.92 Å². The van der Waals surface area contributed by atoms with Crippen molar-refractivity contribution in [1.29, 1.82) is 0 Å². The second kappa shape index (κ2) is 6.99. The van der Waals surface area contributed by atoms with Crippen LogP contribution in [0, 0.1) is 0 Å². The van der Waals surface area contributed by atoms with Crippen LogP contribution in [0.2, 0.25) is 0 Å². The first kappa shape index (κ1) is 18.6. The summed E-state index contributed by atoms with van der Waals surface area (Å²) in [5, 5.41) is 7.61. The fraction of sp³-hybridized carbons (Fsp3) is 0.538. The second-order valence-corrected chi connectivity index (χ2v) is 10.5. The van der Waals surface area contributed by atoms with Crippen LogP contribution in [0.4, 0.5) is 0 Å². The van der Waals surface area contributed by atoms with E-state index in [0.29, 0.717) is 29.9 Å². The molecule has 7 nitrogen and oxygen atoms in total. The van der Waals surface area contributed by atoms with Gasteiger partial charge in [-0.3, -0.25) is 0 Å². The Labute approximate surface area is 140 Å². The summed E-state index contributed by atoms with van der Waals surface area (Å²) >= 11 is 0.705. The molecule has 10 heteroatoms. The summed E-state index contributed by atoms with van der Waals surface area (Å²) < 4.78 is 53.8. The van der Waals surface area contributed by atoms with Crippen molar-refractivity contribution in [2.75, 3.05) is 19.8 Å². The molecule has 0 saturated carbocycles. The van der Waals surface area contributed by atoms with Crippen LogP contribution in [0.25, 0.3) is 0 Å². The number of hydrogen-bond acceptors (Lipinski definition) is 7. The molecule has 0 radical (unpaired) electrons. The first-order chi connectivity index (χ1) is 10.7. The zero-order chi connectivity index (χ0) is 17.3. The number of ether oxygens (including phenoxy) is 1. The number of thiophene rings is 1. The Morgan fingerprint density at radius 1 is 1.57 bits per heavy atom. The Morgan fingerprint density at radius 2 is 2.26 bits per heavy atom. The number of fused-ring (bicyclic) bond motifs is 1. The number of sulfone groups is 1. The predicted molar refractivity (Wildman–Crippen MR) is 88.7 cm³/mol. The summed E-state index contributed by atoms with van der Waals surface area (Å²) in [7, 11) is -7.60. The Kier molecular flexibility index (Phi) is 5.64. The molecule has 1 aliphatic rings. The van der Waals surface area contributed by atoms with E-state index in [4.69, 9.17) is 9.88 Å². The lowest BCUT2D eigenvalue weighted by atomic mass is 10.0. The maximum Gasteiger partial charge on any atom is 0.247 e. The molecule has 2 atom stereocenters. The molecule has 1 aliphatic heterocycles. The first-order valence-corrected chi connectivity index (χ1v) is 10.9. The van der Waals surface area contributed by atoms with Gasteiger partial charge in [0.1, 0.15) is 8.42 Å². The van der Waals surface area contributed by atoms with Gasteiger partial charge in [-0.05, 0) is 19.0 Å². The average Bonchev–Trinajstić information content (AvgIpc) is 2.90. The van der Waals surface area contributed by atoms with Gasteiger partial charge in [0.05, 0.1) is 18.5 Å². The molecule has 0 aromatic carbocycles. The second-order valence-electron chi connectivity index (χ2n) is 5.19. The first-order valence-electron chi connectivity index (χ1n) is 7.04. The van der Waals surface area contributed by atoms with E-state index in [1.54, 1.807) is 6.08 Å². The van der Waals surface area contributed by atoms with Crippen LogP contribution >= 0.6 is 11.3 Å². The molecule has 2 rings (SSSR count). The third-order valence-electron chi connectivity index (χ3n) is 3.54. The number of sulfonamides is 1.